The molecule has 106 valence electrons. The van der Waals surface area contributed by atoms with E-state index in [2.05, 4.69) is 9.97 Å². The molecule has 0 aliphatic rings. The molecule has 21 heavy (non-hydrogen) atoms. The molecular weight excluding hydrogens is 294 g/mol. The third kappa shape index (κ3) is 2.59. The van der Waals surface area contributed by atoms with E-state index in [-0.39, 0.29) is 10.7 Å². The summed E-state index contributed by atoms with van der Waals surface area (Å²) in [7, 11) is 0. The SMILES string of the molecule is Cc1cc(C)cc(-c2nc(Cl)c3cc(F)c(F)cc3n2)c1. The van der Waals surface area contributed by atoms with Gasteiger partial charge in [0.05, 0.1) is 5.52 Å². The van der Waals surface area contributed by atoms with Crippen molar-refractivity contribution >= 4 is 22.5 Å². The summed E-state index contributed by atoms with van der Waals surface area (Å²) in [6, 6.07) is 7.92. The zero-order valence-electron chi connectivity index (χ0n) is 11.4. The Kier molecular flexibility index (Phi) is 3.33. The molecule has 0 radical (unpaired) electrons. The summed E-state index contributed by atoms with van der Waals surface area (Å²) in [5, 5.41) is 0.400. The first-order valence-corrected chi connectivity index (χ1v) is 6.73. The Bertz CT molecular complexity index is 842. The molecule has 0 saturated heterocycles. The first kappa shape index (κ1) is 13.9. The van der Waals surface area contributed by atoms with Gasteiger partial charge < -0.3 is 0 Å². The van der Waals surface area contributed by atoms with Crippen LogP contribution in [0.4, 0.5) is 8.78 Å². The number of nitrogens with zero attached hydrogens (tertiary/aromatic N) is 2. The standard InChI is InChI=1S/C16H11ClF2N2/c1-8-3-9(2)5-10(4-8)16-20-14-7-13(19)12(18)6-11(14)15(17)21-16/h3-7H,1-2H3. The number of benzene rings is 2. The van der Waals surface area contributed by atoms with Crippen LogP contribution in [-0.2, 0) is 0 Å². The first-order chi connectivity index (χ1) is 9.94. The van der Waals surface area contributed by atoms with Gasteiger partial charge in [0.15, 0.2) is 17.5 Å². The molecule has 0 fully saturated rings. The smallest absolute Gasteiger partial charge is 0.161 e. The minimum atomic E-state index is -0.966. The minimum absolute atomic E-state index is 0.105. The Labute approximate surface area is 125 Å². The van der Waals surface area contributed by atoms with Gasteiger partial charge in [-0.2, -0.15) is 0 Å². The molecule has 0 saturated carbocycles. The van der Waals surface area contributed by atoms with Crippen LogP contribution in [0.2, 0.25) is 5.15 Å². The Balaban J connectivity index is 2.27. The van der Waals surface area contributed by atoms with E-state index in [9.17, 15) is 8.78 Å². The van der Waals surface area contributed by atoms with Crippen LogP contribution in [0.1, 0.15) is 11.1 Å². The zero-order chi connectivity index (χ0) is 15.1. The van der Waals surface area contributed by atoms with E-state index in [1.807, 2.05) is 32.0 Å². The predicted octanol–water partition coefficient (Wildman–Crippen LogP) is 4.85. The number of hydrogen-bond donors (Lipinski definition) is 0. The maximum absolute atomic E-state index is 13.4. The monoisotopic (exact) mass is 304 g/mol. The number of fused-ring (bicyclic) bond motifs is 1. The van der Waals surface area contributed by atoms with Crippen LogP contribution in [0.3, 0.4) is 0 Å². The van der Waals surface area contributed by atoms with Crippen molar-refractivity contribution in [3.05, 3.63) is 58.2 Å². The largest absolute Gasteiger partial charge is 0.228 e. The summed E-state index contributed by atoms with van der Waals surface area (Å²) in [6.07, 6.45) is 0. The van der Waals surface area contributed by atoms with Crippen LogP contribution >= 0.6 is 11.6 Å². The van der Waals surface area contributed by atoms with E-state index in [0.29, 0.717) is 11.2 Å². The molecule has 0 aliphatic carbocycles. The Hall–Kier alpha value is -2.07. The summed E-state index contributed by atoms with van der Waals surface area (Å²) in [6.45, 7) is 3.93. The van der Waals surface area contributed by atoms with Crippen molar-refractivity contribution in [3.8, 4) is 11.4 Å². The topological polar surface area (TPSA) is 25.8 Å². The van der Waals surface area contributed by atoms with E-state index in [0.717, 1.165) is 28.8 Å². The zero-order valence-corrected chi connectivity index (χ0v) is 12.2. The van der Waals surface area contributed by atoms with Crippen molar-refractivity contribution in [1.82, 2.24) is 9.97 Å². The van der Waals surface area contributed by atoms with Gasteiger partial charge in [0, 0.05) is 17.0 Å². The van der Waals surface area contributed by atoms with Crippen LogP contribution in [0.5, 0.6) is 0 Å². The molecular formula is C16H11ClF2N2. The van der Waals surface area contributed by atoms with Crippen molar-refractivity contribution in [2.24, 2.45) is 0 Å². The molecule has 3 aromatic rings. The highest BCUT2D eigenvalue weighted by molar-refractivity contribution is 6.34. The molecule has 0 atom stereocenters. The van der Waals surface area contributed by atoms with Crippen LogP contribution < -0.4 is 0 Å². The van der Waals surface area contributed by atoms with Crippen LogP contribution in [-0.4, -0.2) is 9.97 Å². The van der Waals surface area contributed by atoms with Gasteiger partial charge in [0.25, 0.3) is 0 Å². The van der Waals surface area contributed by atoms with E-state index in [1.165, 1.54) is 0 Å². The summed E-state index contributed by atoms with van der Waals surface area (Å²) in [5.74, 6) is -1.53. The van der Waals surface area contributed by atoms with Gasteiger partial charge in [-0.1, -0.05) is 28.8 Å². The summed E-state index contributed by atoms with van der Waals surface area (Å²) in [5.41, 5.74) is 3.20. The van der Waals surface area contributed by atoms with Crippen LogP contribution in [0, 0.1) is 25.5 Å². The van der Waals surface area contributed by atoms with Crippen molar-refractivity contribution in [2.45, 2.75) is 13.8 Å². The van der Waals surface area contributed by atoms with E-state index < -0.39 is 11.6 Å². The lowest BCUT2D eigenvalue weighted by Gasteiger charge is -2.07. The summed E-state index contributed by atoms with van der Waals surface area (Å²) >= 11 is 6.08. The normalized spacial score (nSPS) is 11.1. The number of halogens is 3. The van der Waals surface area contributed by atoms with Gasteiger partial charge in [0.2, 0.25) is 0 Å². The average Bonchev–Trinajstić information content (AvgIpc) is 2.40. The highest BCUT2D eigenvalue weighted by atomic mass is 35.5. The van der Waals surface area contributed by atoms with E-state index in [1.54, 1.807) is 0 Å². The maximum atomic E-state index is 13.4. The molecule has 0 unspecified atom stereocenters. The fourth-order valence-electron chi connectivity index (χ4n) is 2.32. The molecule has 0 spiro atoms. The lowest BCUT2D eigenvalue weighted by Crippen LogP contribution is -1.95. The molecule has 0 aliphatic heterocycles. The van der Waals surface area contributed by atoms with E-state index in [4.69, 9.17) is 11.6 Å². The third-order valence-corrected chi connectivity index (χ3v) is 3.46. The van der Waals surface area contributed by atoms with Gasteiger partial charge in [-0.3, -0.25) is 0 Å². The highest BCUT2D eigenvalue weighted by Crippen LogP contribution is 2.27. The van der Waals surface area contributed by atoms with Crippen LogP contribution in [0.15, 0.2) is 30.3 Å². The lowest BCUT2D eigenvalue weighted by atomic mass is 10.1. The molecule has 1 aromatic heterocycles. The molecule has 2 aromatic carbocycles. The van der Waals surface area contributed by atoms with Crippen molar-refractivity contribution in [2.75, 3.05) is 0 Å². The Morgan fingerprint density at radius 2 is 1.48 bits per heavy atom. The molecule has 3 rings (SSSR count). The fourth-order valence-corrected chi connectivity index (χ4v) is 2.55. The predicted molar refractivity (Wildman–Crippen MR) is 79.4 cm³/mol. The fraction of sp³-hybridized carbons (Fsp3) is 0.125. The van der Waals surface area contributed by atoms with Gasteiger partial charge in [0.1, 0.15) is 5.15 Å². The van der Waals surface area contributed by atoms with Gasteiger partial charge in [-0.15, -0.1) is 0 Å². The second-order valence-corrected chi connectivity index (χ2v) is 5.36. The molecule has 0 amide bonds. The van der Waals surface area contributed by atoms with Crippen molar-refractivity contribution in [1.29, 1.82) is 0 Å². The first-order valence-electron chi connectivity index (χ1n) is 6.35. The molecule has 0 bridgehead atoms. The number of aryl methyl sites for hydroxylation is 2. The molecule has 0 N–H and O–H groups in total. The van der Waals surface area contributed by atoms with E-state index >= 15 is 0 Å². The molecule has 2 nitrogen and oxygen atoms in total. The minimum Gasteiger partial charge on any atom is -0.228 e. The number of rotatable bonds is 1. The molecule has 1 heterocycles. The second-order valence-electron chi connectivity index (χ2n) is 5.00. The quantitative estimate of drug-likeness (QED) is 0.601. The maximum Gasteiger partial charge on any atom is 0.161 e. The average molecular weight is 305 g/mol. The third-order valence-electron chi connectivity index (χ3n) is 3.17. The summed E-state index contributed by atoms with van der Waals surface area (Å²) in [4.78, 5) is 8.48. The Morgan fingerprint density at radius 3 is 2.14 bits per heavy atom. The van der Waals surface area contributed by atoms with Gasteiger partial charge >= 0.3 is 0 Å². The van der Waals surface area contributed by atoms with Gasteiger partial charge in [-0.25, -0.2) is 18.7 Å². The van der Waals surface area contributed by atoms with Gasteiger partial charge in [-0.05, 0) is 32.0 Å². The number of hydrogen-bond acceptors (Lipinski definition) is 2. The molecule has 5 heteroatoms. The lowest BCUT2D eigenvalue weighted by molar-refractivity contribution is 0.510. The number of aromatic nitrogens is 2. The van der Waals surface area contributed by atoms with Crippen LogP contribution in [0.25, 0.3) is 22.3 Å². The summed E-state index contributed by atoms with van der Waals surface area (Å²) < 4.78 is 26.6. The highest BCUT2D eigenvalue weighted by Gasteiger charge is 2.12. The second kappa shape index (κ2) is 5.04. The van der Waals surface area contributed by atoms with Crippen molar-refractivity contribution < 1.29 is 8.78 Å². The Morgan fingerprint density at radius 1 is 0.857 bits per heavy atom. The van der Waals surface area contributed by atoms with Crippen molar-refractivity contribution in [3.63, 3.8) is 0 Å².